The van der Waals surface area contributed by atoms with Gasteiger partial charge >= 0.3 is 0 Å². The highest BCUT2D eigenvalue weighted by molar-refractivity contribution is 9.10. The maximum atomic E-state index is 14.0. The van der Waals surface area contributed by atoms with Gasteiger partial charge in [-0.05, 0) is 73.7 Å². The van der Waals surface area contributed by atoms with Gasteiger partial charge in [0, 0.05) is 17.6 Å². The monoisotopic (exact) mass is 641 g/mol. The summed E-state index contributed by atoms with van der Waals surface area (Å²) in [5, 5.41) is 2.91. The molecule has 1 atom stereocenters. The summed E-state index contributed by atoms with van der Waals surface area (Å²) in [5.74, 6) is -0.497. The summed E-state index contributed by atoms with van der Waals surface area (Å²) in [7, 11) is -4.10. The van der Waals surface area contributed by atoms with E-state index in [1.165, 1.54) is 4.90 Å². The zero-order valence-electron chi connectivity index (χ0n) is 24.4. The third kappa shape index (κ3) is 8.66. The van der Waals surface area contributed by atoms with Crippen LogP contribution in [0.15, 0.2) is 82.2 Å². The van der Waals surface area contributed by atoms with Gasteiger partial charge in [0.2, 0.25) is 11.8 Å². The van der Waals surface area contributed by atoms with Gasteiger partial charge in [0.25, 0.3) is 10.0 Å². The second-order valence-electron chi connectivity index (χ2n) is 10.5. The number of aryl methyl sites for hydroxylation is 1. The molecule has 7 nitrogen and oxygen atoms in total. The molecule has 2 amide bonds. The van der Waals surface area contributed by atoms with Gasteiger partial charge in [0.1, 0.15) is 12.6 Å². The molecule has 0 bridgehead atoms. The van der Waals surface area contributed by atoms with Crippen LogP contribution < -0.4 is 9.62 Å². The molecular weight excluding hydrogens is 602 g/mol. The van der Waals surface area contributed by atoms with E-state index in [0.717, 1.165) is 38.3 Å². The smallest absolute Gasteiger partial charge is 0.264 e. The summed E-state index contributed by atoms with van der Waals surface area (Å²) in [6.07, 6.45) is 1.75. The molecule has 3 aromatic rings. The van der Waals surface area contributed by atoms with Crippen molar-refractivity contribution in [3.63, 3.8) is 0 Å². The summed E-state index contributed by atoms with van der Waals surface area (Å²) in [6.45, 7) is 9.91. The van der Waals surface area contributed by atoms with Gasteiger partial charge in [-0.15, -0.1) is 0 Å². The molecule has 0 radical (unpaired) electrons. The molecule has 1 N–H and O–H groups in total. The highest BCUT2D eigenvalue weighted by Gasteiger charge is 2.32. The Balaban J connectivity index is 2.02. The van der Waals surface area contributed by atoms with E-state index in [1.807, 2.05) is 50.2 Å². The summed E-state index contributed by atoms with van der Waals surface area (Å²) in [5.41, 5.74) is 3.18. The van der Waals surface area contributed by atoms with Gasteiger partial charge in [0.05, 0.1) is 10.6 Å². The van der Waals surface area contributed by atoms with Gasteiger partial charge in [-0.25, -0.2) is 8.42 Å². The molecule has 0 heterocycles. The number of sulfonamides is 1. The number of amides is 2. The van der Waals surface area contributed by atoms with Gasteiger partial charge < -0.3 is 10.2 Å². The standard InChI is InChI=1S/C32H40BrN3O4S/c1-6-7-19-34-32(38)25(5)35(21-26-9-8-10-28(33)20-26)31(37)22-36(29-15-13-27(14-16-29)23(2)3)41(39,40)30-17-11-24(4)12-18-30/h8-18,20,23,25H,6-7,19,21-22H2,1-5H3,(H,34,38)/t25-/m0/s1. The Morgan fingerprint density at radius 1 is 0.951 bits per heavy atom. The SMILES string of the molecule is CCCCNC(=O)[C@H](C)N(Cc1cccc(Br)c1)C(=O)CN(c1ccc(C(C)C)cc1)S(=O)(=O)c1ccc(C)cc1. The molecule has 3 aromatic carbocycles. The number of nitrogens with zero attached hydrogens (tertiary/aromatic N) is 2. The lowest BCUT2D eigenvalue weighted by Gasteiger charge is -2.32. The number of unbranched alkanes of at least 4 members (excludes halogenated alkanes) is 1. The Kier molecular flexibility index (Phi) is 11.5. The van der Waals surface area contributed by atoms with Crippen LogP contribution in [0.5, 0.6) is 0 Å². The van der Waals surface area contributed by atoms with Crippen molar-refractivity contribution >= 4 is 43.5 Å². The van der Waals surface area contributed by atoms with E-state index in [9.17, 15) is 18.0 Å². The van der Waals surface area contributed by atoms with Gasteiger partial charge in [-0.1, -0.05) is 85.1 Å². The summed E-state index contributed by atoms with van der Waals surface area (Å²) < 4.78 is 29.9. The predicted molar refractivity (Wildman–Crippen MR) is 168 cm³/mol. The zero-order valence-corrected chi connectivity index (χ0v) is 26.8. The molecule has 0 fully saturated rings. The Hall–Kier alpha value is -3.17. The first-order valence-electron chi connectivity index (χ1n) is 13.9. The number of benzene rings is 3. The first-order valence-corrected chi connectivity index (χ1v) is 16.2. The lowest BCUT2D eigenvalue weighted by Crippen LogP contribution is -2.51. The van der Waals surface area contributed by atoms with Crippen molar-refractivity contribution in [2.75, 3.05) is 17.4 Å². The number of anilines is 1. The maximum Gasteiger partial charge on any atom is 0.264 e. The van der Waals surface area contributed by atoms with E-state index in [4.69, 9.17) is 0 Å². The number of nitrogens with one attached hydrogen (secondary N) is 1. The zero-order chi connectivity index (χ0) is 30.2. The number of hydrogen-bond donors (Lipinski definition) is 1. The van der Waals surface area contributed by atoms with Crippen molar-refractivity contribution in [3.8, 4) is 0 Å². The fourth-order valence-corrected chi connectivity index (χ4v) is 6.20. The Bertz CT molecular complexity index is 1420. The minimum Gasteiger partial charge on any atom is -0.354 e. The Morgan fingerprint density at radius 3 is 2.20 bits per heavy atom. The molecule has 3 rings (SSSR count). The summed E-state index contributed by atoms with van der Waals surface area (Å²) in [6, 6.07) is 20.5. The molecule has 0 aliphatic heterocycles. The minimum atomic E-state index is -4.10. The van der Waals surface area contributed by atoms with Gasteiger partial charge in [-0.2, -0.15) is 0 Å². The molecule has 220 valence electrons. The van der Waals surface area contributed by atoms with Crippen LogP contribution in [0.25, 0.3) is 0 Å². The molecule has 0 unspecified atom stereocenters. The van der Waals surface area contributed by atoms with Crippen molar-refractivity contribution in [2.45, 2.75) is 70.9 Å². The van der Waals surface area contributed by atoms with Crippen LogP contribution in [0.3, 0.4) is 0 Å². The predicted octanol–water partition coefficient (Wildman–Crippen LogP) is 6.41. The highest BCUT2D eigenvalue weighted by atomic mass is 79.9. The molecular formula is C32H40BrN3O4S. The van der Waals surface area contributed by atoms with Crippen molar-refractivity contribution in [1.29, 1.82) is 0 Å². The first-order chi connectivity index (χ1) is 19.4. The third-order valence-corrected chi connectivity index (χ3v) is 9.26. The average Bonchev–Trinajstić information content (AvgIpc) is 2.94. The van der Waals surface area contributed by atoms with Crippen molar-refractivity contribution < 1.29 is 18.0 Å². The number of halogens is 1. The van der Waals surface area contributed by atoms with Crippen LogP contribution in [-0.4, -0.2) is 44.3 Å². The van der Waals surface area contributed by atoms with E-state index in [2.05, 4.69) is 35.1 Å². The van der Waals surface area contributed by atoms with Crippen molar-refractivity contribution in [3.05, 3.63) is 94.0 Å². The van der Waals surface area contributed by atoms with E-state index in [-0.39, 0.29) is 23.3 Å². The molecule has 0 aliphatic carbocycles. The van der Waals surface area contributed by atoms with E-state index < -0.39 is 28.5 Å². The average molecular weight is 643 g/mol. The fourth-order valence-electron chi connectivity index (χ4n) is 4.34. The third-order valence-electron chi connectivity index (χ3n) is 6.97. The van der Waals surface area contributed by atoms with Crippen LogP contribution in [0.1, 0.15) is 63.1 Å². The highest BCUT2D eigenvalue weighted by Crippen LogP contribution is 2.27. The lowest BCUT2D eigenvalue weighted by atomic mass is 10.0. The van der Waals surface area contributed by atoms with Crippen LogP contribution in [0, 0.1) is 6.92 Å². The number of carbonyl (C=O) groups excluding carboxylic acids is 2. The van der Waals surface area contributed by atoms with E-state index in [0.29, 0.717) is 12.2 Å². The maximum absolute atomic E-state index is 14.0. The lowest BCUT2D eigenvalue weighted by molar-refractivity contribution is -0.139. The van der Waals surface area contributed by atoms with Crippen LogP contribution in [-0.2, 0) is 26.2 Å². The van der Waals surface area contributed by atoms with Crippen molar-refractivity contribution in [1.82, 2.24) is 10.2 Å². The number of rotatable bonds is 13. The second-order valence-corrected chi connectivity index (χ2v) is 13.3. The van der Waals surface area contributed by atoms with Gasteiger partial charge in [0.15, 0.2) is 0 Å². The molecule has 41 heavy (non-hydrogen) atoms. The number of carbonyl (C=O) groups is 2. The van der Waals surface area contributed by atoms with Crippen LogP contribution >= 0.6 is 15.9 Å². The molecule has 0 aromatic heterocycles. The Labute approximate surface area is 253 Å². The molecule has 0 aliphatic rings. The molecule has 0 saturated carbocycles. The topological polar surface area (TPSA) is 86.8 Å². The minimum absolute atomic E-state index is 0.0905. The quantitative estimate of drug-likeness (QED) is 0.219. The van der Waals surface area contributed by atoms with Crippen LogP contribution in [0.2, 0.25) is 0 Å². The fraction of sp³-hybridized carbons (Fsp3) is 0.375. The summed E-state index contributed by atoms with van der Waals surface area (Å²) >= 11 is 3.47. The molecule has 0 spiro atoms. The second kappa shape index (κ2) is 14.6. The van der Waals surface area contributed by atoms with E-state index in [1.54, 1.807) is 43.3 Å². The Morgan fingerprint density at radius 2 is 1.61 bits per heavy atom. The van der Waals surface area contributed by atoms with Crippen molar-refractivity contribution in [2.24, 2.45) is 0 Å². The normalized spacial score (nSPS) is 12.2. The first kappa shape index (κ1) is 32.3. The molecule has 0 saturated heterocycles. The largest absolute Gasteiger partial charge is 0.354 e. The van der Waals surface area contributed by atoms with Crippen LogP contribution in [0.4, 0.5) is 5.69 Å². The van der Waals surface area contributed by atoms with Gasteiger partial charge in [-0.3, -0.25) is 13.9 Å². The van der Waals surface area contributed by atoms with E-state index >= 15 is 0 Å². The number of hydrogen-bond acceptors (Lipinski definition) is 4. The molecule has 9 heteroatoms. The summed E-state index contributed by atoms with van der Waals surface area (Å²) in [4.78, 5) is 28.6.